The Morgan fingerprint density at radius 1 is 0.882 bits per heavy atom. The van der Waals surface area contributed by atoms with E-state index in [-0.39, 0.29) is 0 Å². The number of carbonyl (C=O) groups excluding carboxylic acids is 1. The summed E-state index contributed by atoms with van der Waals surface area (Å²) in [7, 11) is 0. The van der Waals surface area contributed by atoms with Gasteiger partial charge in [-0.2, -0.15) is 26.3 Å². The Morgan fingerprint density at radius 3 is 0.941 bits per heavy atom. The molecular formula is C6H6F6O5. The van der Waals surface area contributed by atoms with Crippen LogP contribution < -0.4 is 0 Å². The van der Waals surface area contributed by atoms with Crippen LogP contribution in [0.25, 0.3) is 0 Å². The molecular weight excluding hydrogens is 266 g/mol. The van der Waals surface area contributed by atoms with Gasteiger partial charge >= 0.3 is 24.3 Å². The molecule has 0 aliphatic heterocycles. The predicted molar refractivity (Wildman–Crippen MR) is 39.1 cm³/mol. The smallest absolute Gasteiger partial charge is 0.475 e. The first-order valence-corrected chi connectivity index (χ1v) is 3.30. The van der Waals surface area contributed by atoms with Crippen molar-refractivity contribution < 1.29 is 50.9 Å². The molecule has 0 fully saturated rings. The van der Waals surface area contributed by atoms with Crippen LogP contribution in [0.1, 0.15) is 6.92 Å². The fourth-order valence-corrected chi connectivity index (χ4v) is 0. The first-order valence-electron chi connectivity index (χ1n) is 3.30. The van der Waals surface area contributed by atoms with Crippen molar-refractivity contribution in [2.45, 2.75) is 19.3 Å². The number of aliphatic carboxylic acids is 2. The first kappa shape index (κ1) is 20.6. The standard InChI is InChI=1S/2C2HF3O2.C2H4O/c2*3-2(4,5)1(6)7;1-2-3/h2*(H,6,7);2H,1H3. The third-order valence-electron chi connectivity index (χ3n) is 0.485. The van der Waals surface area contributed by atoms with Gasteiger partial charge in [0.2, 0.25) is 0 Å². The Bertz CT molecular complexity index is 231. The number of aldehydes is 1. The summed E-state index contributed by atoms with van der Waals surface area (Å²) in [6.45, 7) is 1.44. The fraction of sp³-hybridized carbons (Fsp3) is 0.500. The first-order chi connectivity index (χ1) is 7.30. The van der Waals surface area contributed by atoms with Gasteiger partial charge in [-0.3, -0.25) is 0 Å². The van der Waals surface area contributed by atoms with Gasteiger partial charge in [0, 0.05) is 0 Å². The largest absolute Gasteiger partial charge is 0.490 e. The van der Waals surface area contributed by atoms with Crippen LogP contribution in [-0.4, -0.2) is 40.8 Å². The highest BCUT2D eigenvalue weighted by atomic mass is 19.4. The maximum atomic E-state index is 10.6. The SMILES string of the molecule is CC=O.O=C(O)C(F)(F)F.O=C(O)C(F)(F)F. The minimum Gasteiger partial charge on any atom is -0.475 e. The third kappa shape index (κ3) is 20.3. The van der Waals surface area contributed by atoms with E-state index in [0.717, 1.165) is 6.29 Å². The van der Waals surface area contributed by atoms with Gasteiger partial charge < -0.3 is 15.0 Å². The van der Waals surface area contributed by atoms with Crippen LogP contribution in [0.15, 0.2) is 0 Å². The van der Waals surface area contributed by atoms with E-state index in [2.05, 4.69) is 0 Å². The highest BCUT2D eigenvalue weighted by Gasteiger charge is 2.38. The number of carboxylic acids is 2. The van der Waals surface area contributed by atoms with Gasteiger partial charge in [0.05, 0.1) is 0 Å². The second kappa shape index (κ2) is 8.35. The number of hydrogen-bond donors (Lipinski definition) is 2. The second-order valence-electron chi connectivity index (χ2n) is 1.84. The maximum Gasteiger partial charge on any atom is 0.490 e. The van der Waals surface area contributed by atoms with Gasteiger partial charge in [-0.05, 0) is 6.92 Å². The van der Waals surface area contributed by atoms with E-state index in [1.165, 1.54) is 6.92 Å². The lowest BCUT2D eigenvalue weighted by Gasteiger charge is -1.93. The van der Waals surface area contributed by atoms with Crippen LogP contribution in [-0.2, 0) is 14.4 Å². The van der Waals surface area contributed by atoms with E-state index in [9.17, 15) is 26.3 Å². The van der Waals surface area contributed by atoms with Gasteiger partial charge in [0.1, 0.15) is 6.29 Å². The summed E-state index contributed by atoms with van der Waals surface area (Å²) in [4.78, 5) is 26.6. The molecule has 0 amide bonds. The van der Waals surface area contributed by atoms with Gasteiger partial charge in [0.25, 0.3) is 0 Å². The van der Waals surface area contributed by atoms with Crippen molar-refractivity contribution in [1.82, 2.24) is 0 Å². The van der Waals surface area contributed by atoms with Crippen LogP contribution in [0.3, 0.4) is 0 Å². The van der Waals surface area contributed by atoms with Crippen LogP contribution in [0.2, 0.25) is 0 Å². The Kier molecular flexibility index (Phi) is 10.1. The zero-order valence-corrected chi connectivity index (χ0v) is 7.96. The summed E-state index contributed by atoms with van der Waals surface area (Å²) >= 11 is 0. The molecule has 0 saturated heterocycles. The summed E-state index contributed by atoms with van der Waals surface area (Å²) < 4.78 is 63.5. The molecule has 0 saturated carbocycles. The van der Waals surface area contributed by atoms with Gasteiger partial charge in [0.15, 0.2) is 0 Å². The average molecular weight is 272 g/mol. The topological polar surface area (TPSA) is 91.7 Å². The molecule has 0 spiro atoms. The van der Waals surface area contributed by atoms with Crippen LogP contribution in [0, 0.1) is 0 Å². The van der Waals surface area contributed by atoms with Crippen LogP contribution in [0.4, 0.5) is 26.3 Å². The number of rotatable bonds is 0. The predicted octanol–water partition coefficient (Wildman–Crippen LogP) is 1.47. The van der Waals surface area contributed by atoms with E-state index in [0.29, 0.717) is 0 Å². The molecule has 0 unspecified atom stereocenters. The molecule has 0 aromatic carbocycles. The Balaban J connectivity index is -0.000000188. The second-order valence-corrected chi connectivity index (χ2v) is 1.84. The van der Waals surface area contributed by atoms with Crippen molar-refractivity contribution in [3.63, 3.8) is 0 Å². The highest BCUT2D eigenvalue weighted by Crippen LogP contribution is 2.13. The summed E-state index contributed by atoms with van der Waals surface area (Å²) in [5, 5.41) is 14.2. The Labute approximate surface area is 89.6 Å². The number of hydrogen-bond acceptors (Lipinski definition) is 3. The lowest BCUT2D eigenvalue weighted by molar-refractivity contribution is -0.193. The summed E-state index contributed by atoms with van der Waals surface area (Å²) in [5.74, 6) is -5.51. The van der Waals surface area contributed by atoms with E-state index in [1.54, 1.807) is 0 Å². The minimum atomic E-state index is -5.08. The fourth-order valence-electron chi connectivity index (χ4n) is 0. The molecule has 0 aromatic rings. The number of alkyl halides is 6. The zero-order valence-electron chi connectivity index (χ0n) is 7.96. The summed E-state index contributed by atoms with van der Waals surface area (Å²) in [6.07, 6.45) is -9.42. The molecule has 0 aliphatic rings. The number of halogens is 6. The molecule has 0 heterocycles. The van der Waals surface area contributed by atoms with Crippen molar-refractivity contribution >= 4 is 18.2 Å². The maximum absolute atomic E-state index is 10.6. The van der Waals surface area contributed by atoms with E-state index in [4.69, 9.17) is 24.6 Å². The lowest BCUT2D eigenvalue weighted by atomic mass is 10.7. The Morgan fingerprint density at radius 2 is 0.941 bits per heavy atom. The molecule has 0 aliphatic carbocycles. The highest BCUT2D eigenvalue weighted by molar-refractivity contribution is 5.73. The molecule has 5 nitrogen and oxygen atoms in total. The van der Waals surface area contributed by atoms with Crippen molar-refractivity contribution in [3.05, 3.63) is 0 Å². The van der Waals surface area contributed by atoms with E-state index in [1.807, 2.05) is 0 Å². The van der Waals surface area contributed by atoms with E-state index >= 15 is 0 Å². The van der Waals surface area contributed by atoms with Crippen molar-refractivity contribution in [2.24, 2.45) is 0 Å². The third-order valence-corrected chi connectivity index (χ3v) is 0.485. The molecule has 2 N–H and O–H groups in total. The molecule has 11 heteroatoms. The van der Waals surface area contributed by atoms with Crippen LogP contribution >= 0.6 is 0 Å². The van der Waals surface area contributed by atoms with Gasteiger partial charge in [-0.15, -0.1) is 0 Å². The normalized spacial score (nSPS) is 10.1. The summed E-state index contributed by atoms with van der Waals surface area (Å²) in [5.41, 5.74) is 0. The molecule has 0 bridgehead atoms. The molecule has 102 valence electrons. The molecule has 0 atom stereocenters. The molecule has 0 aromatic heterocycles. The number of carbonyl (C=O) groups is 3. The van der Waals surface area contributed by atoms with Gasteiger partial charge in [-0.25, -0.2) is 9.59 Å². The van der Waals surface area contributed by atoms with Crippen molar-refractivity contribution in [2.75, 3.05) is 0 Å². The molecule has 0 radical (unpaired) electrons. The molecule has 0 rings (SSSR count). The monoisotopic (exact) mass is 272 g/mol. The summed E-state index contributed by atoms with van der Waals surface area (Å²) in [6, 6.07) is 0. The van der Waals surface area contributed by atoms with Gasteiger partial charge in [-0.1, -0.05) is 0 Å². The van der Waals surface area contributed by atoms with E-state index < -0.39 is 24.3 Å². The quantitative estimate of drug-likeness (QED) is 0.514. The zero-order chi connectivity index (χ0) is 14.9. The minimum absolute atomic E-state index is 0.750. The Hall–Kier alpha value is -1.81. The average Bonchev–Trinajstić information content (AvgIpc) is 2.02. The van der Waals surface area contributed by atoms with Crippen molar-refractivity contribution in [3.8, 4) is 0 Å². The lowest BCUT2D eigenvalue weighted by Crippen LogP contribution is -2.21. The van der Waals surface area contributed by atoms with Crippen LogP contribution in [0.5, 0.6) is 0 Å². The molecule has 17 heavy (non-hydrogen) atoms. The van der Waals surface area contributed by atoms with Crippen molar-refractivity contribution in [1.29, 1.82) is 0 Å². The number of carboxylic acid groups (broad SMARTS) is 2.